The van der Waals surface area contributed by atoms with Gasteiger partial charge in [0.15, 0.2) is 5.69 Å². The van der Waals surface area contributed by atoms with E-state index < -0.39 is 46.7 Å². The molecule has 3 aromatic rings. The number of nitrogens with zero attached hydrogens (tertiary/aromatic N) is 5. The highest BCUT2D eigenvalue weighted by Crippen LogP contribution is 2.33. The van der Waals surface area contributed by atoms with E-state index in [0.717, 1.165) is 33.5 Å². The third kappa shape index (κ3) is 8.40. The third-order valence-electron chi connectivity index (χ3n) is 6.61. The Morgan fingerprint density at radius 3 is 2.47 bits per heavy atom. The van der Waals surface area contributed by atoms with Gasteiger partial charge in [0.25, 0.3) is 16.8 Å². The van der Waals surface area contributed by atoms with E-state index in [1.165, 1.54) is 12.1 Å². The minimum atomic E-state index is -4.71. The Balaban J connectivity index is 1.44. The molecule has 2 heterocycles. The number of alkyl halides is 3. The Morgan fingerprint density at radius 2 is 1.82 bits per heavy atom. The maximum atomic E-state index is 13.5. The average molecular weight is 655 g/mol. The molecular formula is C27H29F3N6O8S. The van der Waals surface area contributed by atoms with Crippen LogP contribution in [0.4, 0.5) is 18.0 Å². The molecule has 1 unspecified atom stereocenters. The normalized spacial score (nSPS) is 15.8. The lowest BCUT2D eigenvalue weighted by Crippen LogP contribution is -2.46. The highest BCUT2D eigenvalue weighted by Gasteiger charge is 2.36. The van der Waals surface area contributed by atoms with Crippen molar-refractivity contribution < 1.29 is 50.5 Å². The van der Waals surface area contributed by atoms with Crippen molar-refractivity contribution in [3.8, 4) is 16.9 Å². The van der Waals surface area contributed by atoms with Gasteiger partial charge in [0.1, 0.15) is 0 Å². The topological polar surface area (TPSA) is 167 Å². The standard InChI is InChI=1S/C27H29F3N6O8S/c1-3-42-26(38)43-17-44-33-36(39)34-14-4-5-20(16-34)25(37)32-45(40,41)22-12-10-21(11-13-22)35-23(15-24(31-35)27(28,29)30)19-8-6-18(2)7-9-19/h6-13,15,20H,3-5,14,16-17H2,1-2H3,(H,32,37). The van der Waals surface area contributed by atoms with E-state index >= 15 is 0 Å². The summed E-state index contributed by atoms with van der Waals surface area (Å²) in [6, 6.07) is 12.5. The molecule has 1 fully saturated rings. The first-order chi connectivity index (χ1) is 21.3. The number of hydrogen-bond acceptors (Lipinski definition) is 10. The molecule has 1 atom stereocenters. The Morgan fingerprint density at radius 1 is 1.13 bits per heavy atom. The van der Waals surface area contributed by atoms with Gasteiger partial charge in [0.2, 0.25) is 11.2 Å². The molecule has 0 radical (unpaired) electrons. The fourth-order valence-electron chi connectivity index (χ4n) is 4.37. The van der Waals surface area contributed by atoms with Gasteiger partial charge in [-0.2, -0.15) is 18.3 Å². The molecule has 4 rings (SSSR count). The van der Waals surface area contributed by atoms with Gasteiger partial charge in [0, 0.05) is 5.56 Å². The molecule has 1 N–H and O–H groups in total. The summed E-state index contributed by atoms with van der Waals surface area (Å²) in [5, 5.41) is 20.3. The number of rotatable bonds is 10. The Bertz CT molecular complexity index is 1640. The molecule has 1 aromatic heterocycles. The van der Waals surface area contributed by atoms with E-state index in [4.69, 9.17) is 0 Å². The van der Waals surface area contributed by atoms with Crippen molar-refractivity contribution >= 4 is 22.1 Å². The molecule has 0 aliphatic carbocycles. The van der Waals surface area contributed by atoms with Crippen LogP contribution >= 0.6 is 0 Å². The number of aryl methyl sites for hydroxylation is 1. The van der Waals surface area contributed by atoms with Gasteiger partial charge in [0.05, 0.1) is 46.9 Å². The molecular weight excluding hydrogens is 625 g/mol. The highest BCUT2D eigenvalue weighted by atomic mass is 32.2. The van der Waals surface area contributed by atoms with Crippen LogP contribution in [0.1, 0.15) is 31.0 Å². The molecule has 1 aliphatic rings. The lowest BCUT2D eigenvalue weighted by Gasteiger charge is -2.27. The summed E-state index contributed by atoms with van der Waals surface area (Å²) in [5.41, 5.74) is 0.554. The van der Waals surface area contributed by atoms with Crippen molar-refractivity contribution in [2.24, 2.45) is 11.2 Å². The first-order valence-corrected chi connectivity index (χ1v) is 15.0. The minimum absolute atomic E-state index is 0.0610. The number of aromatic nitrogens is 2. The zero-order chi connectivity index (χ0) is 32.8. The number of carbonyl (C=O) groups excluding carboxylic acids is 2. The SMILES string of the molecule is CCOC(=O)OCON=[N+]([O-])N1CCCC(C(=O)NS(=O)(=O)c2ccc(-n3nc(C(F)(F)F)cc3-c3ccc(C)cc3)cc2)C1. The van der Waals surface area contributed by atoms with E-state index in [2.05, 4.69) is 24.7 Å². The van der Waals surface area contributed by atoms with Crippen molar-refractivity contribution in [2.45, 2.75) is 37.8 Å². The van der Waals surface area contributed by atoms with E-state index in [9.17, 15) is 36.4 Å². The minimum Gasteiger partial charge on any atom is -0.569 e. The maximum Gasteiger partial charge on any atom is 0.511 e. The molecule has 14 nitrogen and oxygen atoms in total. The number of carbonyl (C=O) groups is 2. The largest absolute Gasteiger partial charge is 0.569 e. The lowest BCUT2D eigenvalue weighted by molar-refractivity contribution is -0.714. The summed E-state index contributed by atoms with van der Waals surface area (Å²) < 4.78 is 78.6. The Hall–Kier alpha value is -4.87. The van der Waals surface area contributed by atoms with Gasteiger partial charge in [-0.25, -0.2) is 22.6 Å². The van der Waals surface area contributed by atoms with Crippen LogP contribution in [0.25, 0.3) is 16.9 Å². The second-order valence-electron chi connectivity index (χ2n) is 9.81. The fraction of sp³-hybridized carbons (Fsp3) is 0.370. The van der Waals surface area contributed by atoms with Crippen molar-refractivity contribution in [1.29, 1.82) is 0 Å². The van der Waals surface area contributed by atoms with Gasteiger partial charge in [-0.1, -0.05) is 29.8 Å². The number of hydrogen-bond donors (Lipinski definition) is 1. The molecule has 18 heteroatoms. The Kier molecular flexibility index (Phi) is 10.2. The molecule has 2 aromatic carbocycles. The van der Waals surface area contributed by atoms with Crippen molar-refractivity contribution in [2.75, 3.05) is 26.5 Å². The Labute approximate surface area is 255 Å². The number of amides is 1. The number of nitrogens with one attached hydrogen (secondary N) is 1. The zero-order valence-corrected chi connectivity index (χ0v) is 24.9. The van der Waals surface area contributed by atoms with E-state index in [-0.39, 0.29) is 47.4 Å². The molecule has 242 valence electrons. The fourth-order valence-corrected chi connectivity index (χ4v) is 5.42. The molecule has 0 spiro atoms. The van der Waals surface area contributed by atoms with Gasteiger partial charge < -0.3 is 19.5 Å². The summed E-state index contributed by atoms with van der Waals surface area (Å²) in [7, 11) is -4.39. The van der Waals surface area contributed by atoms with Crippen LogP contribution in [0.2, 0.25) is 0 Å². The molecule has 1 saturated heterocycles. The molecule has 0 saturated carbocycles. The van der Waals surface area contributed by atoms with Gasteiger partial charge in [-0.15, -0.1) is 5.01 Å². The molecule has 1 aliphatic heterocycles. The summed E-state index contributed by atoms with van der Waals surface area (Å²) in [6.07, 6.45) is -5.09. The van der Waals surface area contributed by atoms with E-state index in [1.807, 2.05) is 11.6 Å². The summed E-state index contributed by atoms with van der Waals surface area (Å²) >= 11 is 0. The maximum absolute atomic E-state index is 13.5. The van der Waals surface area contributed by atoms with E-state index in [0.29, 0.717) is 12.0 Å². The number of hydrazine groups is 1. The van der Waals surface area contributed by atoms with Crippen LogP contribution in [0.5, 0.6) is 0 Å². The van der Waals surface area contributed by atoms with Gasteiger partial charge in [-0.05, 0) is 57.0 Å². The summed E-state index contributed by atoms with van der Waals surface area (Å²) in [5.74, 6) is -1.77. The first-order valence-electron chi connectivity index (χ1n) is 13.5. The van der Waals surface area contributed by atoms with Crippen LogP contribution in [0, 0.1) is 18.0 Å². The van der Waals surface area contributed by atoms with Crippen molar-refractivity contribution in [3.05, 3.63) is 71.1 Å². The zero-order valence-electron chi connectivity index (χ0n) is 24.1. The van der Waals surface area contributed by atoms with Crippen molar-refractivity contribution in [3.63, 3.8) is 0 Å². The third-order valence-corrected chi connectivity index (χ3v) is 7.97. The van der Waals surface area contributed by atoms with Crippen LogP contribution in [-0.2, 0) is 35.3 Å². The first kappa shape index (κ1) is 33.0. The molecule has 45 heavy (non-hydrogen) atoms. The molecule has 1 amide bonds. The second-order valence-corrected chi connectivity index (χ2v) is 11.5. The number of halogens is 3. The number of ether oxygens (including phenoxy) is 2. The monoisotopic (exact) mass is 654 g/mol. The number of benzene rings is 2. The smallest absolute Gasteiger partial charge is 0.511 e. The van der Waals surface area contributed by atoms with Crippen LogP contribution in [-0.4, -0.2) is 66.7 Å². The number of piperidine rings is 1. The van der Waals surface area contributed by atoms with Gasteiger partial charge in [-0.3, -0.25) is 4.79 Å². The summed E-state index contributed by atoms with van der Waals surface area (Å²) in [4.78, 5) is 28.3. The van der Waals surface area contributed by atoms with Crippen LogP contribution in [0.15, 0.2) is 64.8 Å². The summed E-state index contributed by atoms with van der Waals surface area (Å²) in [6.45, 7) is 2.80. The predicted molar refractivity (Wildman–Crippen MR) is 148 cm³/mol. The second kappa shape index (κ2) is 13.8. The molecule has 0 bridgehead atoms. The number of sulfonamides is 1. The van der Waals surface area contributed by atoms with Gasteiger partial charge >= 0.3 is 12.3 Å². The lowest BCUT2D eigenvalue weighted by atomic mass is 9.99. The van der Waals surface area contributed by atoms with Crippen molar-refractivity contribution in [1.82, 2.24) is 19.5 Å². The quantitative estimate of drug-likeness (QED) is 0.0830. The van der Waals surface area contributed by atoms with Crippen LogP contribution < -0.4 is 4.72 Å². The van der Waals surface area contributed by atoms with Crippen LogP contribution in [0.3, 0.4) is 0 Å². The van der Waals surface area contributed by atoms with E-state index in [1.54, 1.807) is 31.2 Å². The average Bonchev–Trinajstić information content (AvgIpc) is 3.46. The highest BCUT2D eigenvalue weighted by molar-refractivity contribution is 7.90. The predicted octanol–water partition coefficient (Wildman–Crippen LogP) is 4.32.